The minimum atomic E-state index is -0.461. The lowest BCUT2D eigenvalue weighted by molar-refractivity contribution is 0.0137. The molecule has 2 heterocycles. The molecule has 6 nitrogen and oxygen atoms in total. The van der Waals surface area contributed by atoms with E-state index in [0.29, 0.717) is 19.6 Å². The van der Waals surface area contributed by atoms with Gasteiger partial charge in [0.15, 0.2) is 5.96 Å². The Morgan fingerprint density at radius 2 is 2.15 bits per heavy atom. The van der Waals surface area contributed by atoms with E-state index in [1.807, 2.05) is 32.9 Å². The zero-order valence-corrected chi connectivity index (χ0v) is 19.3. The second kappa shape index (κ2) is 8.77. The van der Waals surface area contributed by atoms with E-state index in [9.17, 15) is 4.79 Å². The number of carbonyl (C=O) groups excluding carboxylic acids is 1. The summed E-state index contributed by atoms with van der Waals surface area (Å²) in [5.41, 5.74) is 0.741. The molecule has 2 aliphatic heterocycles. The van der Waals surface area contributed by atoms with Crippen LogP contribution in [0.5, 0.6) is 0 Å². The standard InChI is InChI=1S/C18H25BrN4O2.HI/c1-18(2,3)25-17(24)22-7-8-23-15(12-22)11-21-16(23)20-10-13-5-4-6-14(19)9-13;/h4-6,9,15H,7-8,10-12H2,1-3H3,(H,20,21);1H. The molecule has 1 aromatic rings. The van der Waals surface area contributed by atoms with Gasteiger partial charge >= 0.3 is 6.09 Å². The van der Waals surface area contributed by atoms with Crippen molar-refractivity contribution < 1.29 is 9.53 Å². The SMILES string of the molecule is CC(C)(C)OC(=O)N1CCN2C(NCc3cccc(Br)c3)=NCC2C1.I. The number of ether oxygens (including phenoxy) is 1. The number of nitrogens with zero attached hydrogens (tertiary/aromatic N) is 3. The fraction of sp³-hybridized carbons (Fsp3) is 0.556. The maximum atomic E-state index is 12.3. The zero-order chi connectivity index (χ0) is 18.0. The first-order chi connectivity index (χ1) is 11.8. The van der Waals surface area contributed by atoms with E-state index in [1.165, 1.54) is 5.56 Å². The number of aliphatic imine (C=N–C) groups is 1. The third-order valence-corrected chi connectivity index (χ3v) is 4.69. The van der Waals surface area contributed by atoms with Crippen molar-refractivity contribution in [2.45, 2.75) is 39.0 Å². The van der Waals surface area contributed by atoms with Gasteiger partial charge in [0, 0.05) is 30.7 Å². The van der Waals surface area contributed by atoms with Gasteiger partial charge in [-0.25, -0.2) is 4.79 Å². The minimum Gasteiger partial charge on any atom is -0.444 e. The predicted molar refractivity (Wildman–Crippen MR) is 117 cm³/mol. The van der Waals surface area contributed by atoms with Crippen molar-refractivity contribution in [3.63, 3.8) is 0 Å². The molecule has 0 radical (unpaired) electrons. The first kappa shape index (κ1) is 21.3. The number of rotatable bonds is 2. The molecule has 0 spiro atoms. The molecule has 0 saturated carbocycles. The average Bonchev–Trinajstić information content (AvgIpc) is 2.93. The molecule has 1 saturated heterocycles. The van der Waals surface area contributed by atoms with Gasteiger partial charge in [-0.15, -0.1) is 24.0 Å². The molecule has 2 aliphatic rings. The topological polar surface area (TPSA) is 57.2 Å². The number of hydrogen-bond acceptors (Lipinski definition) is 5. The normalized spacial score (nSPS) is 19.4. The van der Waals surface area contributed by atoms with Crippen LogP contribution in [0.2, 0.25) is 0 Å². The van der Waals surface area contributed by atoms with Gasteiger partial charge in [-0.2, -0.15) is 0 Å². The van der Waals surface area contributed by atoms with Crippen molar-refractivity contribution in [2.24, 2.45) is 4.99 Å². The van der Waals surface area contributed by atoms with Crippen LogP contribution in [-0.2, 0) is 11.3 Å². The van der Waals surface area contributed by atoms with Crippen LogP contribution in [-0.4, -0.2) is 59.7 Å². The van der Waals surface area contributed by atoms with E-state index in [-0.39, 0.29) is 36.1 Å². The molecular weight excluding hydrogens is 511 g/mol. The Hall–Kier alpha value is -1.03. The van der Waals surface area contributed by atoms with Crippen molar-refractivity contribution in [3.05, 3.63) is 34.3 Å². The first-order valence-electron chi connectivity index (χ1n) is 8.59. The van der Waals surface area contributed by atoms with Gasteiger partial charge in [-0.3, -0.25) is 4.99 Å². The Morgan fingerprint density at radius 1 is 1.38 bits per heavy atom. The summed E-state index contributed by atoms with van der Waals surface area (Å²) in [5, 5.41) is 3.43. The number of benzene rings is 1. The van der Waals surface area contributed by atoms with Crippen molar-refractivity contribution in [2.75, 3.05) is 26.2 Å². The molecule has 1 fully saturated rings. The summed E-state index contributed by atoms with van der Waals surface area (Å²) in [6, 6.07) is 8.46. The summed E-state index contributed by atoms with van der Waals surface area (Å²) in [7, 11) is 0. The molecule has 26 heavy (non-hydrogen) atoms. The van der Waals surface area contributed by atoms with Crippen LogP contribution in [0.3, 0.4) is 0 Å². The van der Waals surface area contributed by atoms with Crippen molar-refractivity contribution >= 4 is 52.0 Å². The van der Waals surface area contributed by atoms with E-state index in [2.05, 4.69) is 43.3 Å². The number of guanidine groups is 1. The van der Waals surface area contributed by atoms with Crippen LogP contribution in [0.15, 0.2) is 33.7 Å². The highest BCUT2D eigenvalue weighted by atomic mass is 127. The lowest BCUT2D eigenvalue weighted by atomic mass is 10.2. The molecule has 0 aromatic heterocycles. The maximum Gasteiger partial charge on any atom is 0.410 e. The number of carbonyl (C=O) groups is 1. The number of fused-ring (bicyclic) bond motifs is 1. The van der Waals surface area contributed by atoms with Gasteiger partial charge in [0.2, 0.25) is 0 Å². The smallest absolute Gasteiger partial charge is 0.410 e. The molecule has 1 N–H and O–H groups in total. The van der Waals surface area contributed by atoms with Gasteiger partial charge in [-0.1, -0.05) is 28.1 Å². The molecule has 3 rings (SSSR count). The minimum absolute atomic E-state index is 0. The Balaban J connectivity index is 0.00000243. The Morgan fingerprint density at radius 3 is 2.85 bits per heavy atom. The van der Waals surface area contributed by atoms with Gasteiger partial charge in [-0.05, 0) is 38.5 Å². The van der Waals surface area contributed by atoms with Gasteiger partial charge in [0.25, 0.3) is 0 Å². The fourth-order valence-corrected chi connectivity index (χ4v) is 3.50. The Kier molecular flexibility index (Phi) is 7.18. The summed E-state index contributed by atoms with van der Waals surface area (Å²) in [6.07, 6.45) is -0.234. The molecular formula is C18H26BrIN4O2. The highest BCUT2D eigenvalue weighted by Crippen LogP contribution is 2.19. The van der Waals surface area contributed by atoms with Crippen molar-refractivity contribution in [3.8, 4) is 0 Å². The van der Waals surface area contributed by atoms with Gasteiger partial charge in [0.1, 0.15) is 5.60 Å². The highest BCUT2D eigenvalue weighted by Gasteiger charge is 2.36. The number of halogens is 2. The van der Waals surface area contributed by atoms with Crippen molar-refractivity contribution in [1.82, 2.24) is 15.1 Å². The van der Waals surface area contributed by atoms with E-state index in [0.717, 1.165) is 23.5 Å². The number of piperazine rings is 1. The largest absolute Gasteiger partial charge is 0.444 e. The molecule has 1 amide bonds. The third-order valence-electron chi connectivity index (χ3n) is 4.20. The second-order valence-electron chi connectivity index (χ2n) is 7.42. The first-order valence-corrected chi connectivity index (χ1v) is 9.38. The maximum absolute atomic E-state index is 12.3. The van der Waals surface area contributed by atoms with Crippen LogP contribution in [0.4, 0.5) is 4.79 Å². The average molecular weight is 537 g/mol. The summed E-state index contributed by atoms with van der Waals surface area (Å²) >= 11 is 3.49. The van der Waals surface area contributed by atoms with Crippen LogP contribution in [0.1, 0.15) is 26.3 Å². The number of amides is 1. The molecule has 0 bridgehead atoms. The van der Waals surface area contributed by atoms with Crippen LogP contribution in [0.25, 0.3) is 0 Å². The summed E-state index contributed by atoms with van der Waals surface area (Å²) < 4.78 is 6.55. The van der Waals surface area contributed by atoms with Crippen LogP contribution < -0.4 is 5.32 Å². The molecule has 8 heteroatoms. The lowest BCUT2D eigenvalue weighted by Gasteiger charge is -2.39. The number of nitrogens with one attached hydrogen (secondary N) is 1. The van der Waals surface area contributed by atoms with E-state index >= 15 is 0 Å². The van der Waals surface area contributed by atoms with Crippen LogP contribution in [0, 0.1) is 0 Å². The molecule has 0 aliphatic carbocycles. The van der Waals surface area contributed by atoms with Gasteiger partial charge in [0.05, 0.1) is 12.6 Å². The second-order valence-corrected chi connectivity index (χ2v) is 8.34. The monoisotopic (exact) mass is 536 g/mol. The quantitative estimate of drug-likeness (QED) is 0.588. The summed E-state index contributed by atoms with van der Waals surface area (Å²) in [5.74, 6) is 0.925. The van der Waals surface area contributed by atoms with E-state index in [4.69, 9.17) is 4.74 Å². The zero-order valence-electron chi connectivity index (χ0n) is 15.4. The Labute approximate surface area is 180 Å². The van der Waals surface area contributed by atoms with E-state index in [1.54, 1.807) is 4.90 Å². The molecule has 1 atom stereocenters. The molecule has 1 unspecified atom stereocenters. The summed E-state index contributed by atoms with van der Waals surface area (Å²) in [6.45, 7) is 9.20. The van der Waals surface area contributed by atoms with Gasteiger partial charge < -0.3 is 19.9 Å². The lowest BCUT2D eigenvalue weighted by Crippen LogP contribution is -2.57. The molecule has 1 aromatic carbocycles. The Bertz CT molecular complexity index is 677. The van der Waals surface area contributed by atoms with Crippen LogP contribution >= 0.6 is 39.9 Å². The number of hydrogen-bond donors (Lipinski definition) is 1. The summed E-state index contributed by atoms with van der Waals surface area (Å²) in [4.78, 5) is 20.9. The highest BCUT2D eigenvalue weighted by molar-refractivity contribution is 14.0. The third kappa shape index (κ3) is 5.48. The predicted octanol–water partition coefficient (Wildman–Crippen LogP) is 3.45. The molecule has 144 valence electrons. The van der Waals surface area contributed by atoms with Crippen molar-refractivity contribution in [1.29, 1.82) is 0 Å². The van der Waals surface area contributed by atoms with E-state index < -0.39 is 5.60 Å². The fourth-order valence-electron chi connectivity index (χ4n) is 3.05.